The number of aryl methyl sites for hydroxylation is 2. The van der Waals surface area contributed by atoms with Crippen LogP contribution in [0.2, 0.25) is 0 Å². The van der Waals surface area contributed by atoms with Crippen LogP contribution in [0.3, 0.4) is 0 Å². The van der Waals surface area contributed by atoms with E-state index in [-0.39, 0.29) is 0 Å². The molecule has 1 rings (SSSR count). The van der Waals surface area contributed by atoms with Crippen molar-refractivity contribution in [1.82, 2.24) is 0 Å². The number of hydrogen-bond acceptors (Lipinski definition) is 1. The van der Waals surface area contributed by atoms with Gasteiger partial charge in [0, 0.05) is 0 Å². The zero-order valence-corrected chi connectivity index (χ0v) is 8.34. The number of rotatable bonds is 4. The smallest absolute Gasteiger partial charge is 0.123 e. The van der Waals surface area contributed by atoms with Gasteiger partial charge in [-0.25, -0.2) is 0 Å². The Kier molecular flexibility index (Phi) is 3.56. The molecule has 0 aromatic heterocycles. The van der Waals surface area contributed by atoms with E-state index in [0.29, 0.717) is 6.61 Å². The van der Waals surface area contributed by atoms with E-state index >= 15 is 0 Å². The van der Waals surface area contributed by atoms with E-state index in [2.05, 4.69) is 38.6 Å². The molecule has 0 amide bonds. The van der Waals surface area contributed by atoms with Crippen molar-refractivity contribution in [2.75, 3.05) is 6.61 Å². The summed E-state index contributed by atoms with van der Waals surface area (Å²) in [5.41, 5.74) is 2.49. The predicted octanol–water partition coefficient (Wildman–Crippen LogP) is 3.12. The highest BCUT2D eigenvalue weighted by atomic mass is 16.5. The number of hydrogen-bond donors (Lipinski definition) is 0. The maximum absolute atomic E-state index is 5.54. The summed E-state index contributed by atoms with van der Waals surface area (Å²) in [5, 5.41) is 0. The SMILES string of the molecule is C=CCOc1cc(C)ccc1CC. The molecule has 0 unspecified atom stereocenters. The topological polar surface area (TPSA) is 9.23 Å². The molecule has 0 aliphatic rings. The van der Waals surface area contributed by atoms with E-state index in [1.165, 1.54) is 11.1 Å². The van der Waals surface area contributed by atoms with Gasteiger partial charge in [-0.3, -0.25) is 0 Å². The van der Waals surface area contributed by atoms with Crippen molar-refractivity contribution in [3.63, 3.8) is 0 Å². The van der Waals surface area contributed by atoms with Gasteiger partial charge in [-0.1, -0.05) is 31.7 Å². The normalized spacial score (nSPS) is 9.69. The Balaban J connectivity index is 2.87. The highest BCUT2D eigenvalue weighted by molar-refractivity contribution is 5.37. The number of benzene rings is 1. The third-order valence-electron chi connectivity index (χ3n) is 1.96. The molecule has 0 radical (unpaired) electrons. The Labute approximate surface area is 80.0 Å². The first-order valence-corrected chi connectivity index (χ1v) is 4.61. The maximum Gasteiger partial charge on any atom is 0.123 e. The first-order chi connectivity index (χ1) is 6.27. The first-order valence-electron chi connectivity index (χ1n) is 4.61. The van der Waals surface area contributed by atoms with Gasteiger partial charge in [0.2, 0.25) is 0 Å². The fraction of sp³-hybridized carbons (Fsp3) is 0.333. The van der Waals surface area contributed by atoms with Gasteiger partial charge in [-0.05, 0) is 30.5 Å². The zero-order chi connectivity index (χ0) is 9.68. The fourth-order valence-electron chi connectivity index (χ4n) is 1.24. The van der Waals surface area contributed by atoms with E-state index in [4.69, 9.17) is 4.74 Å². The zero-order valence-electron chi connectivity index (χ0n) is 8.34. The summed E-state index contributed by atoms with van der Waals surface area (Å²) >= 11 is 0. The van der Waals surface area contributed by atoms with E-state index in [9.17, 15) is 0 Å². The van der Waals surface area contributed by atoms with Crippen molar-refractivity contribution in [2.24, 2.45) is 0 Å². The standard InChI is InChI=1S/C12H16O/c1-4-8-13-12-9-10(3)6-7-11(12)5-2/h4,6-7,9H,1,5,8H2,2-3H3. The second-order valence-corrected chi connectivity index (χ2v) is 3.06. The minimum atomic E-state index is 0.580. The lowest BCUT2D eigenvalue weighted by atomic mass is 10.1. The largest absolute Gasteiger partial charge is 0.489 e. The van der Waals surface area contributed by atoms with Gasteiger partial charge in [0.05, 0.1) is 0 Å². The maximum atomic E-state index is 5.54. The van der Waals surface area contributed by atoms with Crippen molar-refractivity contribution < 1.29 is 4.74 Å². The molecule has 13 heavy (non-hydrogen) atoms. The first kappa shape index (κ1) is 9.85. The predicted molar refractivity (Wildman–Crippen MR) is 56.2 cm³/mol. The Bertz CT molecular complexity index is 289. The van der Waals surface area contributed by atoms with Crippen molar-refractivity contribution in [3.8, 4) is 5.75 Å². The summed E-state index contributed by atoms with van der Waals surface area (Å²) < 4.78 is 5.54. The van der Waals surface area contributed by atoms with Crippen LogP contribution in [0.15, 0.2) is 30.9 Å². The van der Waals surface area contributed by atoms with Crippen LogP contribution >= 0.6 is 0 Å². The number of ether oxygens (including phenoxy) is 1. The molecule has 1 aromatic carbocycles. The van der Waals surface area contributed by atoms with Gasteiger partial charge in [0.1, 0.15) is 12.4 Å². The summed E-state index contributed by atoms with van der Waals surface area (Å²) in [7, 11) is 0. The van der Waals surface area contributed by atoms with Crippen LogP contribution in [-0.2, 0) is 6.42 Å². The van der Waals surface area contributed by atoms with Crippen LogP contribution in [0, 0.1) is 6.92 Å². The molecule has 0 saturated heterocycles. The molecule has 0 fully saturated rings. The van der Waals surface area contributed by atoms with Crippen molar-refractivity contribution in [3.05, 3.63) is 42.0 Å². The Morgan fingerprint density at radius 2 is 2.23 bits per heavy atom. The monoisotopic (exact) mass is 176 g/mol. The summed E-state index contributed by atoms with van der Waals surface area (Å²) in [5.74, 6) is 0.988. The molecule has 70 valence electrons. The summed E-state index contributed by atoms with van der Waals surface area (Å²) in [6.45, 7) is 8.41. The van der Waals surface area contributed by atoms with E-state index in [1.54, 1.807) is 6.08 Å². The van der Waals surface area contributed by atoms with E-state index in [0.717, 1.165) is 12.2 Å². The fourth-order valence-corrected chi connectivity index (χ4v) is 1.24. The van der Waals surface area contributed by atoms with E-state index < -0.39 is 0 Å². The Hall–Kier alpha value is -1.24. The molecule has 0 saturated carbocycles. The van der Waals surface area contributed by atoms with Crippen LogP contribution < -0.4 is 4.74 Å². The second kappa shape index (κ2) is 4.70. The highest BCUT2D eigenvalue weighted by Crippen LogP contribution is 2.20. The van der Waals surface area contributed by atoms with Crippen LogP contribution in [0.4, 0.5) is 0 Å². The quantitative estimate of drug-likeness (QED) is 0.640. The van der Waals surface area contributed by atoms with Gasteiger partial charge < -0.3 is 4.74 Å². The molecule has 0 atom stereocenters. The van der Waals surface area contributed by atoms with Gasteiger partial charge in [-0.15, -0.1) is 0 Å². The molecule has 1 heteroatoms. The van der Waals surface area contributed by atoms with Crippen LogP contribution in [-0.4, -0.2) is 6.61 Å². The van der Waals surface area contributed by atoms with E-state index in [1.807, 2.05) is 0 Å². The lowest BCUT2D eigenvalue weighted by molar-refractivity contribution is 0.359. The molecular weight excluding hydrogens is 160 g/mol. The molecule has 0 bridgehead atoms. The van der Waals surface area contributed by atoms with Gasteiger partial charge in [0.25, 0.3) is 0 Å². The van der Waals surface area contributed by atoms with Gasteiger partial charge in [0.15, 0.2) is 0 Å². The second-order valence-electron chi connectivity index (χ2n) is 3.06. The molecule has 1 nitrogen and oxygen atoms in total. The van der Waals surface area contributed by atoms with Gasteiger partial charge in [-0.2, -0.15) is 0 Å². The lowest BCUT2D eigenvalue weighted by Gasteiger charge is -2.09. The molecule has 1 aromatic rings. The average molecular weight is 176 g/mol. The van der Waals surface area contributed by atoms with Gasteiger partial charge >= 0.3 is 0 Å². The van der Waals surface area contributed by atoms with Crippen molar-refractivity contribution in [2.45, 2.75) is 20.3 Å². The van der Waals surface area contributed by atoms with Crippen LogP contribution in [0.5, 0.6) is 5.75 Å². The Morgan fingerprint density at radius 3 is 2.85 bits per heavy atom. The highest BCUT2D eigenvalue weighted by Gasteiger charge is 2.00. The summed E-state index contributed by atoms with van der Waals surface area (Å²) in [4.78, 5) is 0. The molecular formula is C12H16O. The van der Waals surface area contributed by atoms with Crippen molar-refractivity contribution in [1.29, 1.82) is 0 Å². The lowest BCUT2D eigenvalue weighted by Crippen LogP contribution is -1.97. The third kappa shape index (κ3) is 2.62. The summed E-state index contributed by atoms with van der Waals surface area (Å²) in [6, 6.07) is 6.30. The molecule has 0 aliphatic carbocycles. The summed E-state index contributed by atoms with van der Waals surface area (Å²) in [6.07, 6.45) is 2.77. The average Bonchev–Trinajstić information content (AvgIpc) is 2.15. The molecule has 0 heterocycles. The molecule has 0 spiro atoms. The van der Waals surface area contributed by atoms with Crippen LogP contribution in [0.1, 0.15) is 18.1 Å². The minimum Gasteiger partial charge on any atom is -0.489 e. The Morgan fingerprint density at radius 1 is 1.46 bits per heavy atom. The van der Waals surface area contributed by atoms with Crippen molar-refractivity contribution >= 4 is 0 Å². The minimum absolute atomic E-state index is 0.580. The molecule has 0 aliphatic heterocycles. The molecule has 0 N–H and O–H groups in total. The van der Waals surface area contributed by atoms with Crippen LogP contribution in [0.25, 0.3) is 0 Å². The third-order valence-corrected chi connectivity index (χ3v) is 1.96.